The van der Waals surface area contributed by atoms with Crippen LogP contribution in [0.3, 0.4) is 0 Å². The van der Waals surface area contributed by atoms with E-state index in [9.17, 15) is 9.00 Å². The molecule has 1 unspecified atom stereocenters. The molecule has 0 aliphatic rings. The minimum atomic E-state index is -0.824. The summed E-state index contributed by atoms with van der Waals surface area (Å²) >= 11 is 0. The lowest BCUT2D eigenvalue weighted by Crippen LogP contribution is -2.29. The molecule has 0 aromatic heterocycles. The SMILES string of the molecule is CCS(=O)CCNC(=O)Cc1ccc(N)cc1. The van der Waals surface area contributed by atoms with Crippen molar-refractivity contribution < 1.29 is 9.00 Å². The molecule has 1 atom stereocenters. The van der Waals surface area contributed by atoms with E-state index in [0.717, 1.165) is 5.56 Å². The van der Waals surface area contributed by atoms with Gasteiger partial charge >= 0.3 is 0 Å². The molecule has 0 aliphatic carbocycles. The average Bonchev–Trinajstić information content (AvgIpc) is 2.32. The van der Waals surface area contributed by atoms with Crippen LogP contribution in [0.2, 0.25) is 0 Å². The van der Waals surface area contributed by atoms with E-state index in [-0.39, 0.29) is 5.91 Å². The maximum Gasteiger partial charge on any atom is 0.224 e. The van der Waals surface area contributed by atoms with E-state index < -0.39 is 10.8 Å². The summed E-state index contributed by atoms with van der Waals surface area (Å²) in [4.78, 5) is 11.5. The molecule has 0 spiro atoms. The number of amides is 1. The van der Waals surface area contributed by atoms with Crippen molar-refractivity contribution in [1.29, 1.82) is 0 Å². The highest BCUT2D eigenvalue weighted by molar-refractivity contribution is 7.84. The summed E-state index contributed by atoms with van der Waals surface area (Å²) in [6, 6.07) is 7.21. The first-order valence-corrected chi connectivity index (χ1v) is 7.06. The summed E-state index contributed by atoms with van der Waals surface area (Å²) in [6.07, 6.45) is 0.332. The minimum Gasteiger partial charge on any atom is -0.399 e. The van der Waals surface area contributed by atoms with E-state index in [1.165, 1.54) is 0 Å². The maximum absolute atomic E-state index is 11.5. The Hall–Kier alpha value is -1.36. The highest BCUT2D eigenvalue weighted by Crippen LogP contribution is 2.05. The zero-order valence-electron chi connectivity index (χ0n) is 9.94. The number of nitrogens with one attached hydrogen (secondary N) is 1. The Balaban J connectivity index is 2.30. The van der Waals surface area contributed by atoms with Crippen LogP contribution in [0, 0.1) is 0 Å². The van der Waals surface area contributed by atoms with Crippen LogP contribution in [0.1, 0.15) is 12.5 Å². The normalized spacial score (nSPS) is 12.1. The van der Waals surface area contributed by atoms with E-state index >= 15 is 0 Å². The molecule has 0 aliphatic heterocycles. The number of carbonyl (C=O) groups is 1. The summed E-state index contributed by atoms with van der Waals surface area (Å²) in [5, 5.41) is 2.75. The van der Waals surface area contributed by atoms with Crippen molar-refractivity contribution in [2.75, 3.05) is 23.8 Å². The fourth-order valence-electron chi connectivity index (χ4n) is 1.33. The first kappa shape index (κ1) is 13.7. The van der Waals surface area contributed by atoms with Crippen LogP contribution in [-0.4, -0.2) is 28.2 Å². The van der Waals surface area contributed by atoms with E-state index in [0.29, 0.717) is 30.2 Å². The van der Waals surface area contributed by atoms with Crippen molar-refractivity contribution in [3.8, 4) is 0 Å². The monoisotopic (exact) mass is 254 g/mol. The number of hydrogen-bond acceptors (Lipinski definition) is 3. The van der Waals surface area contributed by atoms with Crippen LogP contribution in [0.15, 0.2) is 24.3 Å². The van der Waals surface area contributed by atoms with E-state index in [4.69, 9.17) is 5.73 Å². The zero-order chi connectivity index (χ0) is 12.7. The maximum atomic E-state index is 11.5. The summed E-state index contributed by atoms with van der Waals surface area (Å²) in [7, 11) is -0.824. The Labute approximate surface area is 104 Å². The summed E-state index contributed by atoms with van der Waals surface area (Å²) in [5.74, 6) is 1.10. The van der Waals surface area contributed by atoms with Gasteiger partial charge in [0.05, 0.1) is 6.42 Å². The van der Waals surface area contributed by atoms with Gasteiger partial charge in [-0.3, -0.25) is 9.00 Å². The lowest BCUT2D eigenvalue weighted by Gasteiger charge is -2.05. The molecule has 3 N–H and O–H groups in total. The third-order valence-corrected chi connectivity index (χ3v) is 3.62. The summed E-state index contributed by atoms with van der Waals surface area (Å²) in [5.41, 5.74) is 7.16. The predicted molar refractivity (Wildman–Crippen MR) is 71.1 cm³/mol. The second-order valence-electron chi connectivity index (χ2n) is 3.70. The van der Waals surface area contributed by atoms with Crippen LogP contribution >= 0.6 is 0 Å². The molecule has 17 heavy (non-hydrogen) atoms. The molecule has 5 heteroatoms. The van der Waals surface area contributed by atoms with Gasteiger partial charge in [-0.1, -0.05) is 19.1 Å². The van der Waals surface area contributed by atoms with Gasteiger partial charge in [-0.05, 0) is 17.7 Å². The van der Waals surface area contributed by atoms with Crippen molar-refractivity contribution in [1.82, 2.24) is 5.32 Å². The number of hydrogen-bond donors (Lipinski definition) is 2. The third-order valence-electron chi connectivity index (χ3n) is 2.32. The van der Waals surface area contributed by atoms with Crippen LogP contribution in [0.4, 0.5) is 5.69 Å². The topological polar surface area (TPSA) is 72.2 Å². The highest BCUT2D eigenvalue weighted by atomic mass is 32.2. The van der Waals surface area contributed by atoms with Crippen molar-refractivity contribution in [2.45, 2.75) is 13.3 Å². The Morgan fingerprint density at radius 3 is 2.59 bits per heavy atom. The van der Waals surface area contributed by atoms with E-state index in [2.05, 4.69) is 5.32 Å². The molecule has 0 heterocycles. The molecule has 4 nitrogen and oxygen atoms in total. The van der Waals surface area contributed by atoms with Crippen LogP contribution < -0.4 is 11.1 Å². The molecule has 0 radical (unpaired) electrons. The largest absolute Gasteiger partial charge is 0.399 e. The number of rotatable bonds is 6. The second kappa shape index (κ2) is 7.06. The van der Waals surface area contributed by atoms with Crippen molar-refractivity contribution in [3.63, 3.8) is 0 Å². The third kappa shape index (κ3) is 5.49. The summed E-state index contributed by atoms with van der Waals surface area (Å²) < 4.78 is 11.1. The Morgan fingerprint density at radius 1 is 1.35 bits per heavy atom. The van der Waals surface area contributed by atoms with E-state index in [1.54, 1.807) is 12.1 Å². The van der Waals surface area contributed by atoms with Gasteiger partial charge in [-0.25, -0.2) is 0 Å². The average molecular weight is 254 g/mol. The number of carbonyl (C=O) groups excluding carboxylic acids is 1. The number of anilines is 1. The second-order valence-corrected chi connectivity index (χ2v) is 5.57. The highest BCUT2D eigenvalue weighted by Gasteiger charge is 2.03. The molecule has 1 amide bonds. The van der Waals surface area contributed by atoms with Crippen LogP contribution in [-0.2, 0) is 22.0 Å². The van der Waals surface area contributed by atoms with Gasteiger partial charge in [0, 0.05) is 34.5 Å². The van der Waals surface area contributed by atoms with Crippen molar-refractivity contribution in [3.05, 3.63) is 29.8 Å². The van der Waals surface area contributed by atoms with Crippen LogP contribution in [0.5, 0.6) is 0 Å². The van der Waals surface area contributed by atoms with Gasteiger partial charge in [0.15, 0.2) is 0 Å². The van der Waals surface area contributed by atoms with Gasteiger partial charge in [0.25, 0.3) is 0 Å². The number of nitrogen functional groups attached to an aromatic ring is 1. The molecule has 1 aromatic carbocycles. The molecule has 0 bridgehead atoms. The quantitative estimate of drug-likeness (QED) is 0.734. The minimum absolute atomic E-state index is 0.0529. The number of nitrogens with two attached hydrogens (primary N) is 1. The van der Waals surface area contributed by atoms with Gasteiger partial charge in [-0.15, -0.1) is 0 Å². The molecule has 94 valence electrons. The fourth-order valence-corrected chi connectivity index (χ4v) is 1.95. The molecule has 1 aromatic rings. The first-order valence-electron chi connectivity index (χ1n) is 5.58. The Kier molecular flexibility index (Phi) is 5.69. The van der Waals surface area contributed by atoms with Crippen molar-refractivity contribution >= 4 is 22.4 Å². The first-order chi connectivity index (χ1) is 8.11. The Bertz CT molecular complexity index is 390. The van der Waals surface area contributed by atoms with Gasteiger partial charge in [0.1, 0.15) is 0 Å². The Morgan fingerprint density at radius 2 is 2.00 bits per heavy atom. The number of benzene rings is 1. The van der Waals surface area contributed by atoms with E-state index in [1.807, 2.05) is 19.1 Å². The molecule has 0 saturated carbocycles. The van der Waals surface area contributed by atoms with Gasteiger partial charge < -0.3 is 11.1 Å². The predicted octanol–water partition coefficient (Wildman–Crippen LogP) is 0.696. The molecule has 0 fully saturated rings. The molecular weight excluding hydrogens is 236 g/mol. The smallest absolute Gasteiger partial charge is 0.224 e. The fraction of sp³-hybridized carbons (Fsp3) is 0.417. The standard InChI is InChI=1S/C12H18N2O2S/c1-2-17(16)8-7-14-12(15)9-10-3-5-11(13)6-4-10/h3-6H,2,7-9,13H2,1H3,(H,14,15). The van der Waals surface area contributed by atoms with Crippen LogP contribution in [0.25, 0.3) is 0 Å². The zero-order valence-corrected chi connectivity index (χ0v) is 10.8. The molecular formula is C12H18N2O2S. The summed E-state index contributed by atoms with van der Waals surface area (Å²) in [6.45, 7) is 2.33. The molecule has 0 saturated heterocycles. The van der Waals surface area contributed by atoms with Gasteiger partial charge in [0.2, 0.25) is 5.91 Å². The van der Waals surface area contributed by atoms with Crippen molar-refractivity contribution in [2.24, 2.45) is 0 Å². The molecule has 1 rings (SSSR count). The lowest BCUT2D eigenvalue weighted by molar-refractivity contribution is -0.120. The lowest BCUT2D eigenvalue weighted by atomic mass is 10.1. The van der Waals surface area contributed by atoms with Gasteiger partial charge in [-0.2, -0.15) is 0 Å².